The number of benzene rings is 1. The lowest BCUT2D eigenvalue weighted by Gasteiger charge is -1.99. The Kier molecular flexibility index (Phi) is 2.45. The molecule has 0 amide bonds. The molecule has 0 saturated heterocycles. The third-order valence-electron chi connectivity index (χ3n) is 2.35. The molecule has 0 unspecified atom stereocenters. The Morgan fingerprint density at radius 2 is 2.22 bits per heavy atom. The lowest BCUT2D eigenvalue weighted by Crippen LogP contribution is -1.86. The Hall–Kier alpha value is -2.41. The van der Waals surface area contributed by atoms with Gasteiger partial charge >= 0.3 is 0 Å². The molecule has 3 aromatic rings. The molecule has 90 valence electrons. The summed E-state index contributed by atoms with van der Waals surface area (Å²) in [6.07, 6.45) is 1.67. The summed E-state index contributed by atoms with van der Waals surface area (Å²) in [5.41, 5.74) is 8.24. The van der Waals surface area contributed by atoms with E-state index in [2.05, 4.69) is 15.1 Å². The van der Waals surface area contributed by atoms with Crippen molar-refractivity contribution >= 4 is 17.0 Å². The first-order chi connectivity index (χ1) is 8.74. The second-order valence-corrected chi connectivity index (χ2v) is 4.45. The molecule has 0 aliphatic carbocycles. The van der Waals surface area contributed by atoms with Crippen molar-refractivity contribution in [2.75, 3.05) is 5.73 Å². The van der Waals surface area contributed by atoms with E-state index in [1.54, 1.807) is 23.8 Å². The predicted molar refractivity (Wildman–Crippen MR) is 66.9 cm³/mol. The SMILES string of the molecule is Nc1cc(-c2nc(-c3cncs3)no2)ccc1O. The van der Waals surface area contributed by atoms with Gasteiger partial charge in [-0.05, 0) is 18.2 Å². The van der Waals surface area contributed by atoms with Crippen LogP contribution in [0.4, 0.5) is 5.69 Å². The first-order valence-electron chi connectivity index (χ1n) is 5.05. The lowest BCUT2D eigenvalue weighted by atomic mass is 10.2. The van der Waals surface area contributed by atoms with E-state index in [-0.39, 0.29) is 11.4 Å². The predicted octanol–water partition coefficient (Wildman–Crippen LogP) is 2.15. The van der Waals surface area contributed by atoms with Crippen molar-refractivity contribution in [1.82, 2.24) is 15.1 Å². The van der Waals surface area contributed by atoms with Crippen LogP contribution in [0.2, 0.25) is 0 Å². The molecule has 2 heterocycles. The van der Waals surface area contributed by atoms with Crippen LogP contribution in [-0.2, 0) is 0 Å². The number of aromatic nitrogens is 3. The summed E-state index contributed by atoms with van der Waals surface area (Å²) in [6.45, 7) is 0. The largest absolute Gasteiger partial charge is 0.506 e. The minimum Gasteiger partial charge on any atom is -0.506 e. The van der Waals surface area contributed by atoms with E-state index in [0.29, 0.717) is 17.3 Å². The second-order valence-electron chi connectivity index (χ2n) is 3.56. The van der Waals surface area contributed by atoms with Crippen LogP contribution < -0.4 is 5.73 Å². The molecule has 0 atom stereocenters. The molecule has 0 fully saturated rings. The standard InChI is InChI=1S/C11H8N4O2S/c12-7-3-6(1-2-8(7)16)11-14-10(15-17-11)9-4-13-5-18-9/h1-5,16H,12H2. The van der Waals surface area contributed by atoms with Gasteiger partial charge in [-0.25, -0.2) is 0 Å². The van der Waals surface area contributed by atoms with Crippen LogP contribution in [0.1, 0.15) is 0 Å². The summed E-state index contributed by atoms with van der Waals surface area (Å²) < 4.78 is 5.15. The summed E-state index contributed by atoms with van der Waals surface area (Å²) in [7, 11) is 0. The highest BCUT2D eigenvalue weighted by Gasteiger charge is 2.12. The van der Waals surface area contributed by atoms with E-state index in [1.807, 2.05) is 0 Å². The van der Waals surface area contributed by atoms with Gasteiger partial charge in [-0.15, -0.1) is 11.3 Å². The first kappa shape index (κ1) is 10.7. The fourth-order valence-corrected chi connectivity index (χ4v) is 2.00. The van der Waals surface area contributed by atoms with Crippen LogP contribution in [0, 0.1) is 0 Å². The molecule has 6 nitrogen and oxygen atoms in total. The van der Waals surface area contributed by atoms with Crippen molar-refractivity contribution in [1.29, 1.82) is 0 Å². The Labute approximate surface area is 106 Å². The van der Waals surface area contributed by atoms with Gasteiger partial charge in [0.25, 0.3) is 5.89 Å². The Morgan fingerprint density at radius 1 is 1.33 bits per heavy atom. The van der Waals surface area contributed by atoms with Gasteiger partial charge in [-0.1, -0.05) is 5.16 Å². The van der Waals surface area contributed by atoms with Crippen LogP contribution in [0.25, 0.3) is 22.2 Å². The third-order valence-corrected chi connectivity index (χ3v) is 3.12. The summed E-state index contributed by atoms with van der Waals surface area (Å²) in [5.74, 6) is 0.866. The lowest BCUT2D eigenvalue weighted by molar-refractivity contribution is 0.432. The zero-order valence-corrected chi connectivity index (χ0v) is 9.89. The van der Waals surface area contributed by atoms with Gasteiger partial charge in [-0.2, -0.15) is 4.98 Å². The zero-order valence-electron chi connectivity index (χ0n) is 9.07. The number of hydrogen-bond acceptors (Lipinski definition) is 7. The van der Waals surface area contributed by atoms with E-state index in [0.717, 1.165) is 4.88 Å². The van der Waals surface area contributed by atoms with Crippen molar-refractivity contribution in [2.45, 2.75) is 0 Å². The van der Waals surface area contributed by atoms with Crippen molar-refractivity contribution in [3.63, 3.8) is 0 Å². The summed E-state index contributed by atoms with van der Waals surface area (Å²) in [6, 6.07) is 4.73. The van der Waals surface area contributed by atoms with Gasteiger partial charge in [0.2, 0.25) is 5.82 Å². The highest BCUT2D eigenvalue weighted by molar-refractivity contribution is 7.13. The fourth-order valence-electron chi connectivity index (χ4n) is 1.45. The molecular weight excluding hydrogens is 252 g/mol. The van der Waals surface area contributed by atoms with E-state index >= 15 is 0 Å². The first-order valence-corrected chi connectivity index (χ1v) is 5.93. The average molecular weight is 260 g/mol. The topological polar surface area (TPSA) is 98.1 Å². The van der Waals surface area contributed by atoms with E-state index in [9.17, 15) is 5.11 Å². The molecule has 0 saturated carbocycles. The molecule has 3 N–H and O–H groups in total. The number of nitrogens with zero attached hydrogens (tertiary/aromatic N) is 3. The monoisotopic (exact) mass is 260 g/mol. The zero-order chi connectivity index (χ0) is 12.5. The maximum absolute atomic E-state index is 9.35. The van der Waals surface area contributed by atoms with Crippen molar-refractivity contribution < 1.29 is 9.63 Å². The Bertz CT molecular complexity index is 678. The number of anilines is 1. The molecule has 2 aromatic heterocycles. The van der Waals surface area contributed by atoms with Gasteiger partial charge in [0, 0.05) is 11.8 Å². The molecular formula is C11H8N4O2S. The van der Waals surface area contributed by atoms with Crippen molar-refractivity contribution in [3.8, 4) is 27.9 Å². The number of hydrogen-bond donors (Lipinski definition) is 2. The maximum Gasteiger partial charge on any atom is 0.258 e. The van der Waals surface area contributed by atoms with Gasteiger partial charge in [-0.3, -0.25) is 4.98 Å². The minimum absolute atomic E-state index is 0.0287. The van der Waals surface area contributed by atoms with Crippen LogP contribution in [0.15, 0.2) is 34.4 Å². The number of phenolic OH excluding ortho intramolecular Hbond substituents is 1. The number of thiazole rings is 1. The molecule has 1 aromatic carbocycles. The molecule has 0 radical (unpaired) electrons. The van der Waals surface area contributed by atoms with Gasteiger partial charge in [0.15, 0.2) is 0 Å². The number of aromatic hydroxyl groups is 1. The van der Waals surface area contributed by atoms with Crippen LogP contribution in [0.3, 0.4) is 0 Å². The third kappa shape index (κ3) is 1.80. The van der Waals surface area contributed by atoms with E-state index in [4.69, 9.17) is 10.3 Å². The molecule has 0 spiro atoms. The van der Waals surface area contributed by atoms with Gasteiger partial charge < -0.3 is 15.4 Å². The van der Waals surface area contributed by atoms with Gasteiger partial charge in [0.1, 0.15) is 5.75 Å². The summed E-state index contributed by atoms with van der Waals surface area (Å²) >= 11 is 1.43. The molecule has 3 rings (SSSR count). The van der Waals surface area contributed by atoms with Crippen molar-refractivity contribution in [2.24, 2.45) is 0 Å². The Morgan fingerprint density at radius 3 is 2.94 bits per heavy atom. The van der Waals surface area contributed by atoms with E-state index < -0.39 is 0 Å². The fraction of sp³-hybridized carbons (Fsp3) is 0. The van der Waals surface area contributed by atoms with Gasteiger partial charge in [0.05, 0.1) is 16.1 Å². The second kappa shape index (κ2) is 4.11. The van der Waals surface area contributed by atoms with Crippen molar-refractivity contribution in [3.05, 3.63) is 29.9 Å². The molecule has 18 heavy (non-hydrogen) atoms. The highest BCUT2D eigenvalue weighted by atomic mass is 32.1. The Balaban J connectivity index is 2.00. The summed E-state index contributed by atoms with van der Waals surface area (Å²) in [4.78, 5) is 9.03. The molecule has 0 aliphatic rings. The number of rotatable bonds is 2. The quantitative estimate of drug-likeness (QED) is 0.541. The van der Waals surface area contributed by atoms with Crippen LogP contribution in [-0.4, -0.2) is 20.2 Å². The highest BCUT2D eigenvalue weighted by Crippen LogP contribution is 2.28. The normalized spacial score (nSPS) is 10.7. The molecule has 0 aliphatic heterocycles. The van der Waals surface area contributed by atoms with Crippen LogP contribution in [0.5, 0.6) is 5.75 Å². The number of nitrogen functional groups attached to an aromatic ring is 1. The number of nitrogens with two attached hydrogens (primary N) is 1. The molecule has 0 bridgehead atoms. The summed E-state index contributed by atoms with van der Waals surface area (Å²) in [5, 5.41) is 13.2. The smallest absolute Gasteiger partial charge is 0.258 e. The maximum atomic E-state index is 9.35. The average Bonchev–Trinajstić information content (AvgIpc) is 3.01. The van der Waals surface area contributed by atoms with E-state index in [1.165, 1.54) is 17.4 Å². The molecule has 7 heteroatoms. The van der Waals surface area contributed by atoms with Crippen LogP contribution >= 0.6 is 11.3 Å². The number of phenols is 1. The minimum atomic E-state index is 0.0287.